The first-order chi connectivity index (χ1) is 9.74. The molecule has 3 N–H and O–H groups in total. The van der Waals surface area contributed by atoms with E-state index in [2.05, 4.69) is 5.32 Å². The van der Waals surface area contributed by atoms with Gasteiger partial charge in [0.05, 0.1) is 12.7 Å². The maximum absolute atomic E-state index is 11.7. The van der Waals surface area contributed by atoms with Crippen LogP contribution >= 0.6 is 0 Å². The summed E-state index contributed by atoms with van der Waals surface area (Å²) in [5.41, 5.74) is 7.57. The number of carbonyl (C=O) groups is 1. The molecule has 5 heteroatoms. The van der Waals surface area contributed by atoms with E-state index in [-0.39, 0.29) is 12.0 Å². The molecule has 1 aromatic carbocycles. The molecule has 1 saturated heterocycles. The first kappa shape index (κ1) is 13.4. The average molecular weight is 276 g/mol. The van der Waals surface area contributed by atoms with E-state index in [0.29, 0.717) is 13.2 Å². The second kappa shape index (κ2) is 5.81. The van der Waals surface area contributed by atoms with E-state index in [1.807, 2.05) is 18.2 Å². The summed E-state index contributed by atoms with van der Waals surface area (Å²) in [5.74, 6) is 0.554. The number of benzene rings is 1. The highest BCUT2D eigenvalue weighted by molar-refractivity contribution is 5.81. The third-order valence-electron chi connectivity index (χ3n) is 3.90. The summed E-state index contributed by atoms with van der Waals surface area (Å²) in [5, 5.41) is 3.23. The molecule has 0 radical (unpaired) electrons. The lowest BCUT2D eigenvalue weighted by molar-refractivity contribution is -0.120. The molecule has 0 spiro atoms. The molecule has 2 unspecified atom stereocenters. The fraction of sp³-hybridized carbons (Fsp3) is 0.533. The number of nitrogens with one attached hydrogen (secondary N) is 1. The summed E-state index contributed by atoms with van der Waals surface area (Å²) in [6.07, 6.45) is 3.20. The number of hydrogen-bond acceptors (Lipinski definition) is 4. The van der Waals surface area contributed by atoms with Gasteiger partial charge in [0.25, 0.3) is 0 Å². The van der Waals surface area contributed by atoms with Crippen molar-refractivity contribution in [3.63, 3.8) is 0 Å². The van der Waals surface area contributed by atoms with Crippen molar-refractivity contribution in [2.24, 2.45) is 5.73 Å². The third kappa shape index (κ3) is 2.78. The standard InChI is InChI=1S/C15H20N2O3/c16-15(18)14(17-9-12-2-1-6-19-12)11-3-4-13-10(8-11)5-7-20-13/h3-4,8,12,14,17H,1-2,5-7,9H2,(H2,16,18). The monoisotopic (exact) mass is 276 g/mol. The van der Waals surface area contributed by atoms with Crippen molar-refractivity contribution in [3.05, 3.63) is 29.3 Å². The molecule has 2 atom stereocenters. The quantitative estimate of drug-likeness (QED) is 0.838. The van der Waals surface area contributed by atoms with Crippen molar-refractivity contribution < 1.29 is 14.3 Å². The predicted molar refractivity (Wildman–Crippen MR) is 74.6 cm³/mol. The molecule has 0 aliphatic carbocycles. The van der Waals surface area contributed by atoms with Crippen LogP contribution in [0.2, 0.25) is 0 Å². The van der Waals surface area contributed by atoms with Gasteiger partial charge in [-0.15, -0.1) is 0 Å². The number of nitrogens with two attached hydrogens (primary N) is 1. The van der Waals surface area contributed by atoms with Gasteiger partial charge >= 0.3 is 0 Å². The fourth-order valence-corrected chi connectivity index (χ4v) is 2.82. The minimum absolute atomic E-state index is 0.189. The van der Waals surface area contributed by atoms with Gasteiger partial charge in [0.1, 0.15) is 11.8 Å². The fourth-order valence-electron chi connectivity index (χ4n) is 2.82. The summed E-state index contributed by atoms with van der Waals surface area (Å²) in [7, 11) is 0. The van der Waals surface area contributed by atoms with Crippen LogP contribution < -0.4 is 15.8 Å². The molecule has 2 aliphatic rings. The largest absolute Gasteiger partial charge is 0.493 e. The molecule has 108 valence electrons. The second-order valence-corrected chi connectivity index (χ2v) is 5.34. The minimum atomic E-state index is -0.468. The van der Waals surface area contributed by atoms with Gasteiger partial charge in [0, 0.05) is 19.6 Å². The van der Waals surface area contributed by atoms with Gasteiger partial charge in [-0.3, -0.25) is 10.1 Å². The van der Waals surface area contributed by atoms with Crippen molar-refractivity contribution in [1.82, 2.24) is 5.32 Å². The normalized spacial score (nSPS) is 22.3. The Morgan fingerprint density at radius 3 is 3.10 bits per heavy atom. The molecule has 0 aromatic heterocycles. The Labute approximate surface area is 118 Å². The van der Waals surface area contributed by atoms with Crippen LogP contribution in [0.5, 0.6) is 5.75 Å². The Bertz CT molecular complexity index is 498. The first-order valence-electron chi connectivity index (χ1n) is 7.14. The Kier molecular flexibility index (Phi) is 3.89. The second-order valence-electron chi connectivity index (χ2n) is 5.34. The molecule has 1 aromatic rings. The highest BCUT2D eigenvalue weighted by Gasteiger charge is 2.23. The summed E-state index contributed by atoms with van der Waals surface area (Å²) < 4.78 is 11.0. The van der Waals surface area contributed by atoms with Gasteiger partial charge in [0.15, 0.2) is 0 Å². The van der Waals surface area contributed by atoms with Crippen LogP contribution in [0.3, 0.4) is 0 Å². The zero-order valence-electron chi connectivity index (χ0n) is 11.4. The Morgan fingerprint density at radius 1 is 1.45 bits per heavy atom. The van der Waals surface area contributed by atoms with Crippen LogP contribution in [-0.2, 0) is 16.0 Å². The molecule has 2 aliphatic heterocycles. The van der Waals surface area contributed by atoms with Crippen LogP contribution in [0.25, 0.3) is 0 Å². The molecule has 5 nitrogen and oxygen atoms in total. The molecule has 20 heavy (non-hydrogen) atoms. The number of ether oxygens (including phenoxy) is 2. The molecule has 0 bridgehead atoms. The first-order valence-corrected chi connectivity index (χ1v) is 7.14. The molecule has 2 heterocycles. The van der Waals surface area contributed by atoms with Crippen LogP contribution in [0, 0.1) is 0 Å². The van der Waals surface area contributed by atoms with E-state index in [1.54, 1.807) is 0 Å². The van der Waals surface area contributed by atoms with E-state index in [9.17, 15) is 4.79 Å². The lowest BCUT2D eigenvalue weighted by Gasteiger charge is -2.19. The summed E-state index contributed by atoms with van der Waals surface area (Å²) >= 11 is 0. The van der Waals surface area contributed by atoms with Gasteiger partial charge < -0.3 is 15.2 Å². The van der Waals surface area contributed by atoms with E-state index in [0.717, 1.165) is 42.7 Å². The summed E-state index contributed by atoms with van der Waals surface area (Å²) in [4.78, 5) is 11.7. The van der Waals surface area contributed by atoms with Crippen molar-refractivity contribution in [2.45, 2.75) is 31.4 Å². The highest BCUT2D eigenvalue weighted by atomic mass is 16.5. The van der Waals surface area contributed by atoms with Crippen LogP contribution in [0.15, 0.2) is 18.2 Å². The van der Waals surface area contributed by atoms with Crippen LogP contribution in [0.4, 0.5) is 0 Å². The summed E-state index contributed by atoms with van der Waals surface area (Å²) in [6.45, 7) is 2.17. The number of amides is 1. The lowest BCUT2D eigenvalue weighted by Crippen LogP contribution is -2.37. The SMILES string of the molecule is NC(=O)C(NCC1CCCO1)c1ccc2c(c1)CCO2. The van der Waals surface area contributed by atoms with Crippen LogP contribution in [0.1, 0.15) is 30.0 Å². The lowest BCUT2D eigenvalue weighted by atomic mass is 10.0. The Balaban J connectivity index is 1.71. The molecular weight excluding hydrogens is 256 g/mol. The van der Waals surface area contributed by atoms with Gasteiger partial charge in [-0.1, -0.05) is 6.07 Å². The number of fused-ring (bicyclic) bond motifs is 1. The van der Waals surface area contributed by atoms with Gasteiger partial charge in [-0.25, -0.2) is 0 Å². The van der Waals surface area contributed by atoms with Gasteiger partial charge in [-0.2, -0.15) is 0 Å². The number of primary amides is 1. The number of carbonyl (C=O) groups excluding carboxylic acids is 1. The topological polar surface area (TPSA) is 73.6 Å². The van der Waals surface area contributed by atoms with E-state index >= 15 is 0 Å². The summed E-state index contributed by atoms with van der Waals surface area (Å²) in [6, 6.07) is 5.37. The maximum Gasteiger partial charge on any atom is 0.239 e. The molecule has 3 rings (SSSR count). The molecule has 1 amide bonds. The van der Waals surface area contributed by atoms with Crippen LogP contribution in [-0.4, -0.2) is 31.8 Å². The number of rotatable bonds is 5. The van der Waals surface area contributed by atoms with E-state index in [1.165, 1.54) is 0 Å². The smallest absolute Gasteiger partial charge is 0.239 e. The van der Waals surface area contributed by atoms with Crippen molar-refractivity contribution >= 4 is 5.91 Å². The molecular formula is C15H20N2O3. The van der Waals surface area contributed by atoms with Crippen molar-refractivity contribution in [1.29, 1.82) is 0 Å². The van der Waals surface area contributed by atoms with Crippen molar-refractivity contribution in [2.75, 3.05) is 19.8 Å². The minimum Gasteiger partial charge on any atom is -0.493 e. The zero-order valence-corrected chi connectivity index (χ0v) is 11.4. The highest BCUT2D eigenvalue weighted by Crippen LogP contribution is 2.28. The zero-order chi connectivity index (χ0) is 13.9. The van der Waals surface area contributed by atoms with Gasteiger partial charge in [0.2, 0.25) is 5.91 Å². The van der Waals surface area contributed by atoms with Crippen molar-refractivity contribution in [3.8, 4) is 5.75 Å². The van der Waals surface area contributed by atoms with E-state index < -0.39 is 6.04 Å². The number of hydrogen-bond donors (Lipinski definition) is 2. The Hall–Kier alpha value is -1.59. The average Bonchev–Trinajstić information content (AvgIpc) is 3.08. The van der Waals surface area contributed by atoms with Gasteiger partial charge in [-0.05, 0) is 36.1 Å². The maximum atomic E-state index is 11.7. The Morgan fingerprint density at radius 2 is 2.35 bits per heavy atom. The molecule has 1 fully saturated rings. The third-order valence-corrected chi connectivity index (χ3v) is 3.90. The van der Waals surface area contributed by atoms with E-state index in [4.69, 9.17) is 15.2 Å². The predicted octanol–water partition coefficient (Wildman–Crippen LogP) is 0.916. The molecule has 0 saturated carbocycles.